The predicted octanol–water partition coefficient (Wildman–Crippen LogP) is 3.14. The van der Waals surface area contributed by atoms with Crippen molar-refractivity contribution in [3.63, 3.8) is 0 Å². The summed E-state index contributed by atoms with van der Waals surface area (Å²) in [6.07, 6.45) is 3.65. The molecule has 1 aliphatic heterocycles. The molecule has 3 heteroatoms. The van der Waals surface area contributed by atoms with Crippen LogP contribution in [0.15, 0.2) is 16.8 Å². The van der Waals surface area contributed by atoms with Gasteiger partial charge >= 0.3 is 0 Å². The van der Waals surface area contributed by atoms with Crippen molar-refractivity contribution in [2.45, 2.75) is 51.6 Å². The van der Waals surface area contributed by atoms with Crippen molar-refractivity contribution in [3.05, 3.63) is 22.4 Å². The van der Waals surface area contributed by atoms with Crippen molar-refractivity contribution in [3.8, 4) is 0 Å². The van der Waals surface area contributed by atoms with Crippen LogP contribution in [0.25, 0.3) is 0 Å². The molecular weight excluding hydrogens is 240 g/mol. The van der Waals surface area contributed by atoms with Crippen molar-refractivity contribution >= 4 is 11.3 Å². The second kappa shape index (κ2) is 6.18. The molecule has 0 saturated carbocycles. The minimum absolute atomic E-state index is 0.291. The van der Waals surface area contributed by atoms with Gasteiger partial charge in [-0.3, -0.25) is 4.90 Å². The van der Waals surface area contributed by atoms with Gasteiger partial charge in [-0.1, -0.05) is 6.92 Å². The highest BCUT2D eigenvalue weighted by molar-refractivity contribution is 7.07. The predicted molar refractivity (Wildman–Crippen MR) is 80.4 cm³/mol. The molecule has 1 aliphatic rings. The number of thiophene rings is 1. The van der Waals surface area contributed by atoms with Gasteiger partial charge in [0.25, 0.3) is 0 Å². The smallest absolute Gasteiger partial charge is 0.0277 e. The van der Waals surface area contributed by atoms with Gasteiger partial charge < -0.3 is 5.32 Å². The molecule has 0 aromatic carbocycles. The lowest BCUT2D eigenvalue weighted by atomic mass is 9.97. The molecule has 1 fully saturated rings. The largest absolute Gasteiger partial charge is 0.310 e. The van der Waals surface area contributed by atoms with E-state index in [1.807, 2.05) is 0 Å². The maximum atomic E-state index is 3.71. The van der Waals surface area contributed by atoms with Crippen LogP contribution < -0.4 is 5.32 Å². The molecule has 0 bridgehead atoms. The van der Waals surface area contributed by atoms with Crippen LogP contribution in [0.2, 0.25) is 0 Å². The second-order valence-corrected chi connectivity index (χ2v) is 6.63. The standard InChI is InChI=1S/C15H26N2S/c1-4-15(3)12-17(8-5-7-16-15)13(2)10-14-6-9-18-11-14/h6,9,11,13,16H,4-5,7-8,10,12H2,1-3H3. The average molecular weight is 266 g/mol. The highest BCUT2D eigenvalue weighted by atomic mass is 32.1. The van der Waals surface area contributed by atoms with Crippen LogP contribution in [-0.4, -0.2) is 36.1 Å². The molecular formula is C15H26N2S. The summed E-state index contributed by atoms with van der Waals surface area (Å²) in [7, 11) is 0. The molecule has 18 heavy (non-hydrogen) atoms. The van der Waals surface area contributed by atoms with Crippen LogP contribution in [0.5, 0.6) is 0 Å². The highest BCUT2D eigenvalue weighted by Crippen LogP contribution is 2.19. The minimum atomic E-state index is 0.291. The first-order valence-electron chi connectivity index (χ1n) is 7.13. The summed E-state index contributed by atoms with van der Waals surface area (Å²) in [5.41, 5.74) is 1.78. The van der Waals surface area contributed by atoms with Gasteiger partial charge in [-0.25, -0.2) is 0 Å². The van der Waals surface area contributed by atoms with Gasteiger partial charge in [0.15, 0.2) is 0 Å². The van der Waals surface area contributed by atoms with E-state index in [0.717, 1.165) is 6.54 Å². The van der Waals surface area contributed by atoms with Gasteiger partial charge in [0.05, 0.1) is 0 Å². The summed E-state index contributed by atoms with van der Waals surface area (Å²) in [5, 5.41) is 8.18. The first-order chi connectivity index (χ1) is 8.63. The summed E-state index contributed by atoms with van der Waals surface area (Å²) >= 11 is 1.81. The molecule has 1 aromatic rings. The Bertz CT molecular complexity index is 349. The number of hydrogen-bond acceptors (Lipinski definition) is 3. The van der Waals surface area contributed by atoms with E-state index in [9.17, 15) is 0 Å². The van der Waals surface area contributed by atoms with E-state index in [4.69, 9.17) is 0 Å². The van der Waals surface area contributed by atoms with Gasteiger partial charge in [-0.2, -0.15) is 11.3 Å². The number of hydrogen-bond donors (Lipinski definition) is 1. The molecule has 1 aromatic heterocycles. The first kappa shape index (κ1) is 14.0. The molecule has 1 N–H and O–H groups in total. The monoisotopic (exact) mass is 266 g/mol. The van der Waals surface area contributed by atoms with E-state index in [1.165, 1.54) is 37.9 Å². The Kier molecular flexibility index (Phi) is 4.82. The molecule has 0 amide bonds. The molecule has 2 unspecified atom stereocenters. The Balaban J connectivity index is 1.97. The van der Waals surface area contributed by atoms with Crippen LogP contribution in [0.3, 0.4) is 0 Å². The Labute approximate surface area is 115 Å². The summed E-state index contributed by atoms with van der Waals surface area (Å²) in [6, 6.07) is 2.90. The van der Waals surface area contributed by atoms with Crippen molar-refractivity contribution < 1.29 is 0 Å². The summed E-state index contributed by atoms with van der Waals surface area (Å²) < 4.78 is 0. The summed E-state index contributed by atoms with van der Waals surface area (Å²) in [4.78, 5) is 2.67. The van der Waals surface area contributed by atoms with Gasteiger partial charge in [0, 0.05) is 18.1 Å². The number of rotatable bonds is 4. The van der Waals surface area contributed by atoms with E-state index in [0.29, 0.717) is 11.6 Å². The van der Waals surface area contributed by atoms with Crippen molar-refractivity contribution in [1.82, 2.24) is 10.2 Å². The normalized spacial score (nSPS) is 27.9. The number of nitrogens with one attached hydrogen (secondary N) is 1. The van der Waals surface area contributed by atoms with E-state index in [1.54, 1.807) is 11.3 Å². The topological polar surface area (TPSA) is 15.3 Å². The van der Waals surface area contributed by atoms with Crippen LogP contribution in [0, 0.1) is 0 Å². The maximum Gasteiger partial charge on any atom is 0.0277 e. The molecule has 0 spiro atoms. The van der Waals surface area contributed by atoms with Crippen molar-refractivity contribution in [2.24, 2.45) is 0 Å². The molecule has 0 aliphatic carbocycles. The van der Waals surface area contributed by atoms with Gasteiger partial charge in [-0.15, -0.1) is 0 Å². The molecule has 0 radical (unpaired) electrons. The third-order valence-electron chi connectivity index (χ3n) is 4.24. The Morgan fingerprint density at radius 3 is 3.06 bits per heavy atom. The zero-order chi connectivity index (χ0) is 13.0. The van der Waals surface area contributed by atoms with Gasteiger partial charge in [0.2, 0.25) is 0 Å². The van der Waals surface area contributed by atoms with Crippen molar-refractivity contribution in [2.75, 3.05) is 19.6 Å². The third-order valence-corrected chi connectivity index (χ3v) is 4.97. The quantitative estimate of drug-likeness (QED) is 0.900. The second-order valence-electron chi connectivity index (χ2n) is 5.85. The fourth-order valence-electron chi connectivity index (χ4n) is 2.75. The average Bonchev–Trinajstić information content (AvgIpc) is 2.77. The van der Waals surface area contributed by atoms with E-state index in [2.05, 4.69) is 47.8 Å². The fourth-order valence-corrected chi connectivity index (χ4v) is 3.43. The van der Waals surface area contributed by atoms with Crippen LogP contribution in [0.1, 0.15) is 39.2 Å². The fraction of sp³-hybridized carbons (Fsp3) is 0.733. The zero-order valence-electron chi connectivity index (χ0n) is 11.9. The van der Waals surface area contributed by atoms with Gasteiger partial charge in [0.1, 0.15) is 0 Å². The Morgan fingerprint density at radius 2 is 2.39 bits per heavy atom. The third kappa shape index (κ3) is 3.56. The molecule has 102 valence electrons. The summed E-state index contributed by atoms with van der Waals surface area (Å²) in [5.74, 6) is 0. The maximum absolute atomic E-state index is 3.71. The lowest BCUT2D eigenvalue weighted by Crippen LogP contribution is -2.50. The molecule has 2 atom stereocenters. The summed E-state index contributed by atoms with van der Waals surface area (Å²) in [6.45, 7) is 10.6. The minimum Gasteiger partial charge on any atom is -0.310 e. The van der Waals surface area contributed by atoms with Gasteiger partial charge in [-0.05, 0) is 68.6 Å². The van der Waals surface area contributed by atoms with E-state index in [-0.39, 0.29) is 0 Å². The van der Waals surface area contributed by atoms with E-state index >= 15 is 0 Å². The zero-order valence-corrected chi connectivity index (χ0v) is 12.7. The molecule has 2 rings (SSSR count). The van der Waals surface area contributed by atoms with Crippen LogP contribution in [-0.2, 0) is 6.42 Å². The van der Waals surface area contributed by atoms with E-state index < -0.39 is 0 Å². The Hall–Kier alpha value is -0.380. The SMILES string of the molecule is CCC1(C)CN(C(C)Cc2ccsc2)CCCN1. The molecule has 2 nitrogen and oxygen atoms in total. The highest BCUT2D eigenvalue weighted by Gasteiger charge is 2.29. The first-order valence-corrected chi connectivity index (χ1v) is 8.07. The lowest BCUT2D eigenvalue weighted by Gasteiger charge is -2.36. The van der Waals surface area contributed by atoms with Crippen LogP contribution >= 0.6 is 11.3 Å². The number of nitrogens with zero attached hydrogens (tertiary/aromatic N) is 1. The molecule has 2 heterocycles. The lowest BCUT2D eigenvalue weighted by molar-refractivity contribution is 0.168. The van der Waals surface area contributed by atoms with Crippen LogP contribution in [0.4, 0.5) is 0 Å². The van der Waals surface area contributed by atoms with Crippen molar-refractivity contribution in [1.29, 1.82) is 0 Å². The molecule has 1 saturated heterocycles. The Morgan fingerprint density at radius 1 is 1.56 bits per heavy atom.